The Morgan fingerprint density at radius 1 is 1.62 bits per heavy atom. The first kappa shape index (κ1) is 15.9. The van der Waals surface area contributed by atoms with E-state index in [0.717, 1.165) is 18.4 Å². The van der Waals surface area contributed by atoms with Gasteiger partial charge in [0.15, 0.2) is 5.96 Å². The van der Waals surface area contributed by atoms with Crippen LogP contribution in [0.25, 0.3) is 0 Å². The monoisotopic (exact) mass is 357 g/mol. The highest BCUT2D eigenvalue weighted by atomic mass is 127. The molecule has 94 valence electrons. The summed E-state index contributed by atoms with van der Waals surface area (Å²) in [6, 6.07) is 0. The van der Waals surface area contributed by atoms with Crippen molar-refractivity contribution in [3.8, 4) is 0 Å². The van der Waals surface area contributed by atoms with Gasteiger partial charge in [0, 0.05) is 23.6 Å². The molecule has 1 atom stereocenters. The third-order valence-electron chi connectivity index (χ3n) is 2.53. The quantitative estimate of drug-likeness (QED) is 0.334. The predicted molar refractivity (Wildman–Crippen MR) is 80.8 cm³/mol. The Labute approximate surface area is 117 Å². The van der Waals surface area contributed by atoms with E-state index in [0.29, 0.717) is 19.0 Å². The Hall–Kier alpha value is -0.110. The molecule has 1 saturated carbocycles. The van der Waals surface area contributed by atoms with Crippen LogP contribution >= 0.6 is 24.0 Å². The predicted octanol–water partition coefficient (Wildman–Crippen LogP) is 0.996. The standard InChI is InChI=1S/C10H19N3OS.HI/c1-8(2)6-12-9(11)13-7-10(4-5-10)15(3)14;/h1,4-7H2,2-3H3,(H3,11,12,13);1H. The fourth-order valence-electron chi connectivity index (χ4n) is 1.20. The average molecular weight is 357 g/mol. The van der Waals surface area contributed by atoms with Crippen LogP contribution < -0.4 is 11.1 Å². The van der Waals surface area contributed by atoms with Gasteiger partial charge >= 0.3 is 0 Å². The summed E-state index contributed by atoms with van der Waals surface area (Å²) >= 11 is 0. The Kier molecular flexibility index (Phi) is 6.54. The van der Waals surface area contributed by atoms with Crippen molar-refractivity contribution < 1.29 is 4.21 Å². The number of aliphatic imine (C=N–C) groups is 1. The molecule has 1 fully saturated rings. The molecule has 6 heteroatoms. The number of rotatable bonds is 5. The van der Waals surface area contributed by atoms with Crippen molar-refractivity contribution >= 4 is 40.7 Å². The Morgan fingerprint density at radius 2 is 2.19 bits per heavy atom. The summed E-state index contributed by atoms with van der Waals surface area (Å²) in [6.45, 7) is 6.87. The van der Waals surface area contributed by atoms with Crippen molar-refractivity contribution in [2.45, 2.75) is 24.5 Å². The molecule has 0 aliphatic heterocycles. The minimum Gasteiger partial charge on any atom is -0.370 e. The summed E-state index contributed by atoms with van der Waals surface area (Å²) in [4.78, 5) is 4.20. The van der Waals surface area contributed by atoms with Gasteiger partial charge in [-0.15, -0.1) is 24.0 Å². The number of nitrogens with two attached hydrogens (primary N) is 1. The van der Waals surface area contributed by atoms with Crippen LogP contribution in [0.5, 0.6) is 0 Å². The molecule has 16 heavy (non-hydrogen) atoms. The highest BCUT2D eigenvalue weighted by Gasteiger charge is 2.46. The zero-order valence-corrected chi connectivity index (χ0v) is 12.9. The lowest BCUT2D eigenvalue weighted by Gasteiger charge is -2.09. The number of hydrogen-bond donors (Lipinski definition) is 2. The topological polar surface area (TPSA) is 67.5 Å². The van der Waals surface area contributed by atoms with E-state index in [4.69, 9.17) is 5.73 Å². The van der Waals surface area contributed by atoms with Gasteiger partial charge in [-0.25, -0.2) is 0 Å². The summed E-state index contributed by atoms with van der Waals surface area (Å²) in [5.41, 5.74) is 6.66. The lowest BCUT2D eigenvalue weighted by Crippen LogP contribution is -2.34. The fourth-order valence-corrected chi connectivity index (χ4v) is 2.13. The van der Waals surface area contributed by atoms with E-state index in [1.807, 2.05) is 6.92 Å². The molecule has 1 rings (SSSR count). The zero-order chi connectivity index (χ0) is 11.5. The Balaban J connectivity index is 0.00000225. The second-order valence-electron chi connectivity index (χ2n) is 4.15. The third-order valence-corrected chi connectivity index (χ3v) is 4.28. The molecule has 0 heterocycles. The summed E-state index contributed by atoms with van der Waals surface area (Å²) in [5, 5.41) is 2.95. The van der Waals surface area contributed by atoms with Gasteiger partial charge in [0.1, 0.15) is 0 Å². The van der Waals surface area contributed by atoms with Gasteiger partial charge in [0.25, 0.3) is 0 Å². The zero-order valence-electron chi connectivity index (χ0n) is 9.78. The molecule has 4 nitrogen and oxygen atoms in total. The van der Waals surface area contributed by atoms with Gasteiger partial charge in [-0.05, 0) is 19.8 Å². The molecular formula is C10H20IN3OS. The van der Waals surface area contributed by atoms with Crippen LogP contribution in [0.4, 0.5) is 0 Å². The van der Waals surface area contributed by atoms with Crippen molar-refractivity contribution in [3.05, 3.63) is 12.2 Å². The second-order valence-corrected chi connectivity index (χ2v) is 5.92. The minimum atomic E-state index is -0.802. The lowest BCUT2D eigenvalue weighted by atomic mass is 10.3. The van der Waals surface area contributed by atoms with Crippen LogP contribution in [0.1, 0.15) is 19.8 Å². The van der Waals surface area contributed by atoms with Crippen molar-refractivity contribution in [1.29, 1.82) is 0 Å². The minimum absolute atomic E-state index is 0. The maximum Gasteiger partial charge on any atom is 0.188 e. The second kappa shape index (κ2) is 6.58. The van der Waals surface area contributed by atoms with E-state index in [9.17, 15) is 4.21 Å². The van der Waals surface area contributed by atoms with Gasteiger partial charge in [-0.1, -0.05) is 12.2 Å². The van der Waals surface area contributed by atoms with E-state index in [1.54, 1.807) is 6.26 Å². The Bertz CT molecular complexity index is 313. The molecular weight excluding hydrogens is 337 g/mol. The van der Waals surface area contributed by atoms with Gasteiger partial charge in [0.05, 0.1) is 11.3 Å². The van der Waals surface area contributed by atoms with Crippen LogP contribution in [0, 0.1) is 0 Å². The maximum absolute atomic E-state index is 11.4. The molecule has 0 saturated heterocycles. The number of guanidine groups is 1. The maximum atomic E-state index is 11.4. The number of halogens is 1. The van der Waals surface area contributed by atoms with Gasteiger partial charge in [-0.3, -0.25) is 9.20 Å². The number of nitrogens with one attached hydrogen (secondary N) is 1. The van der Waals surface area contributed by atoms with Crippen molar-refractivity contribution in [2.75, 3.05) is 19.3 Å². The van der Waals surface area contributed by atoms with Crippen LogP contribution in [-0.2, 0) is 10.8 Å². The van der Waals surface area contributed by atoms with E-state index < -0.39 is 10.8 Å². The van der Waals surface area contributed by atoms with E-state index in [1.165, 1.54) is 0 Å². The van der Waals surface area contributed by atoms with Gasteiger partial charge in [0.2, 0.25) is 0 Å². The Morgan fingerprint density at radius 3 is 2.56 bits per heavy atom. The van der Waals surface area contributed by atoms with Crippen molar-refractivity contribution in [2.24, 2.45) is 10.7 Å². The van der Waals surface area contributed by atoms with E-state index in [-0.39, 0.29) is 28.7 Å². The average Bonchev–Trinajstić information content (AvgIpc) is 2.92. The van der Waals surface area contributed by atoms with Gasteiger partial charge < -0.3 is 11.1 Å². The van der Waals surface area contributed by atoms with E-state index >= 15 is 0 Å². The summed E-state index contributed by atoms with van der Waals surface area (Å²) in [6.07, 6.45) is 3.72. The highest BCUT2D eigenvalue weighted by Crippen LogP contribution is 2.41. The van der Waals surface area contributed by atoms with Crippen LogP contribution in [0.3, 0.4) is 0 Å². The molecule has 1 aliphatic rings. The third kappa shape index (κ3) is 4.82. The molecule has 0 aromatic rings. The smallest absolute Gasteiger partial charge is 0.188 e. The largest absolute Gasteiger partial charge is 0.370 e. The lowest BCUT2D eigenvalue weighted by molar-refractivity contribution is 0.671. The fraction of sp³-hybridized carbons (Fsp3) is 0.700. The molecule has 1 unspecified atom stereocenters. The van der Waals surface area contributed by atoms with Crippen LogP contribution in [0.15, 0.2) is 17.1 Å². The number of hydrogen-bond acceptors (Lipinski definition) is 2. The normalized spacial score (nSPS) is 19.5. The summed E-state index contributed by atoms with van der Waals surface area (Å²) < 4.78 is 11.3. The first-order valence-electron chi connectivity index (χ1n) is 4.98. The first-order valence-corrected chi connectivity index (χ1v) is 6.54. The van der Waals surface area contributed by atoms with Crippen molar-refractivity contribution in [1.82, 2.24) is 5.32 Å². The molecule has 0 radical (unpaired) electrons. The van der Waals surface area contributed by atoms with Gasteiger partial charge in [-0.2, -0.15) is 0 Å². The molecule has 0 aromatic carbocycles. The summed E-state index contributed by atoms with van der Waals surface area (Å²) in [5.74, 6) is 0.412. The SMILES string of the molecule is C=C(C)CNC(N)=NCC1(S(C)=O)CC1.I. The molecule has 0 bridgehead atoms. The summed E-state index contributed by atoms with van der Waals surface area (Å²) in [7, 11) is -0.802. The van der Waals surface area contributed by atoms with E-state index in [2.05, 4.69) is 16.9 Å². The van der Waals surface area contributed by atoms with Crippen LogP contribution in [-0.4, -0.2) is 34.3 Å². The molecule has 3 N–H and O–H groups in total. The molecule has 0 spiro atoms. The van der Waals surface area contributed by atoms with Crippen LogP contribution in [0.2, 0.25) is 0 Å². The van der Waals surface area contributed by atoms with Crippen molar-refractivity contribution in [3.63, 3.8) is 0 Å². The highest BCUT2D eigenvalue weighted by molar-refractivity contribution is 14.0. The number of nitrogens with zero attached hydrogens (tertiary/aromatic N) is 1. The molecule has 1 aliphatic carbocycles. The molecule has 0 amide bonds. The first-order chi connectivity index (χ1) is 6.96. The molecule has 0 aromatic heterocycles.